The van der Waals surface area contributed by atoms with E-state index in [4.69, 9.17) is 4.74 Å². The predicted molar refractivity (Wildman–Crippen MR) is 94.2 cm³/mol. The van der Waals surface area contributed by atoms with Gasteiger partial charge in [-0.1, -0.05) is 43.8 Å². The van der Waals surface area contributed by atoms with Crippen LogP contribution in [0.3, 0.4) is 0 Å². The molecule has 7 heteroatoms. The fraction of sp³-hybridized carbons (Fsp3) is 0.471. The number of benzene rings is 1. The van der Waals surface area contributed by atoms with Crippen molar-refractivity contribution in [2.45, 2.75) is 26.2 Å². The fourth-order valence-corrected chi connectivity index (χ4v) is 3.19. The number of esters is 1. The number of hydrogen-bond donors (Lipinski definition) is 1. The Morgan fingerprint density at radius 2 is 2.12 bits per heavy atom. The van der Waals surface area contributed by atoms with Crippen LogP contribution in [0.15, 0.2) is 24.3 Å². The molecule has 0 unspecified atom stereocenters. The van der Waals surface area contributed by atoms with E-state index in [-0.39, 0.29) is 24.3 Å². The molecule has 1 saturated heterocycles. The van der Waals surface area contributed by atoms with Gasteiger partial charge in [-0.05, 0) is 24.0 Å². The van der Waals surface area contributed by atoms with Crippen LogP contribution in [0.25, 0.3) is 0 Å². The lowest BCUT2D eigenvalue weighted by molar-refractivity contribution is -0.147. The van der Waals surface area contributed by atoms with Crippen LogP contribution in [0.5, 0.6) is 0 Å². The molecule has 0 saturated carbocycles. The molecule has 2 rings (SSSR count). The average molecular weight is 350 g/mol. The van der Waals surface area contributed by atoms with E-state index < -0.39 is 5.97 Å². The summed E-state index contributed by atoms with van der Waals surface area (Å²) < 4.78 is 4.96. The first-order chi connectivity index (χ1) is 11.5. The summed E-state index contributed by atoms with van der Waals surface area (Å²) in [6, 6.07) is 7.60. The van der Waals surface area contributed by atoms with Crippen molar-refractivity contribution in [3.05, 3.63) is 29.8 Å². The van der Waals surface area contributed by atoms with Crippen molar-refractivity contribution >= 4 is 34.6 Å². The largest absolute Gasteiger partial charge is 0.454 e. The molecule has 1 aromatic rings. The third-order valence-electron chi connectivity index (χ3n) is 3.91. The number of ether oxygens (including phenoxy) is 1. The molecule has 1 aromatic carbocycles. The van der Waals surface area contributed by atoms with Gasteiger partial charge in [-0.2, -0.15) is 0 Å². The number of amides is 2. The molecule has 1 heterocycles. The quantitative estimate of drug-likeness (QED) is 0.765. The van der Waals surface area contributed by atoms with Crippen LogP contribution >= 0.6 is 11.8 Å². The second-order valence-corrected chi connectivity index (χ2v) is 6.69. The molecule has 0 spiro atoms. The van der Waals surface area contributed by atoms with Gasteiger partial charge in [0.2, 0.25) is 0 Å². The van der Waals surface area contributed by atoms with Gasteiger partial charge in [0, 0.05) is 18.0 Å². The van der Waals surface area contributed by atoms with Crippen molar-refractivity contribution in [1.82, 2.24) is 4.90 Å². The summed E-state index contributed by atoms with van der Waals surface area (Å²) in [4.78, 5) is 36.6. The zero-order chi connectivity index (χ0) is 17.5. The standard InChI is InChI=1S/C17H22N2O4S/c1-3-12(2)13-6-4-5-7-14(13)18-15(20)11-23-16(21)10-19-8-9-24-17(19)22/h4-7,12H,3,8-11H2,1-2H3,(H,18,20)/t12-/m0/s1. The van der Waals surface area contributed by atoms with E-state index >= 15 is 0 Å². The number of para-hydroxylation sites is 1. The number of rotatable bonds is 7. The van der Waals surface area contributed by atoms with E-state index in [1.54, 1.807) is 0 Å². The highest BCUT2D eigenvalue weighted by atomic mass is 32.2. The van der Waals surface area contributed by atoms with Gasteiger partial charge < -0.3 is 15.0 Å². The van der Waals surface area contributed by atoms with E-state index in [0.29, 0.717) is 18.2 Å². The lowest BCUT2D eigenvalue weighted by Crippen LogP contribution is -2.32. The normalized spacial score (nSPS) is 15.2. The monoisotopic (exact) mass is 350 g/mol. The van der Waals surface area contributed by atoms with Crippen LogP contribution in [0, 0.1) is 0 Å². The minimum Gasteiger partial charge on any atom is -0.454 e. The zero-order valence-electron chi connectivity index (χ0n) is 13.9. The number of thioether (sulfide) groups is 1. The highest BCUT2D eigenvalue weighted by Gasteiger charge is 2.24. The van der Waals surface area contributed by atoms with E-state index in [0.717, 1.165) is 17.7 Å². The molecule has 2 amide bonds. The Bertz CT molecular complexity index is 620. The first-order valence-corrected chi connectivity index (χ1v) is 8.96. The molecule has 0 aromatic heterocycles. The van der Waals surface area contributed by atoms with Crippen molar-refractivity contribution in [3.8, 4) is 0 Å². The Kier molecular flexibility index (Phi) is 6.66. The first kappa shape index (κ1) is 18.3. The minimum atomic E-state index is -0.573. The number of nitrogens with zero attached hydrogens (tertiary/aromatic N) is 1. The molecule has 1 fully saturated rings. The number of nitrogens with one attached hydrogen (secondary N) is 1. The molecule has 0 aliphatic carbocycles. The maximum absolute atomic E-state index is 12.0. The molecule has 0 radical (unpaired) electrons. The lowest BCUT2D eigenvalue weighted by Gasteiger charge is -2.16. The molecular formula is C17H22N2O4S. The molecule has 1 aliphatic rings. The number of carbonyl (C=O) groups excluding carboxylic acids is 3. The predicted octanol–water partition coefficient (Wildman–Crippen LogP) is 2.85. The Balaban J connectivity index is 1.83. The van der Waals surface area contributed by atoms with E-state index in [1.165, 1.54) is 16.7 Å². The van der Waals surface area contributed by atoms with Crippen molar-refractivity contribution in [2.75, 3.05) is 30.8 Å². The highest BCUT2D eigenvalue weighted by molar-refractivity contribution is 8.13. The second kappa shape index (κ2) is 8.73. The van der Waals surface area contributed by atoms with Crippen LogP contribution in [0.1, 0.15) is 31.7 Å². The van der Waals surface area contributed by atoms with E-state index in [2.05, 4.69) is 19.2 Å². The summed E-state index contributed by atoms with van der Waals surface area (Å²) in [5.74, 6) is 0.0408. The highest BCUT2D eigenvalue weighted by Crippen LogP contribution is 2.26. The summed E-state index contributed by atoms with van der Waals surface area (Å²) in [5.41, 5.74) is 1.79. The molecule has 1 atom stereocenters. The molecular weight excluding hydrogens is 328 g/mol. The number of carbonyl (C=O) groups is 3. The third kappa shape index (κ3) is 4.99. The van der Waals surface area contributed by atoms with Crippen molar-refractivity contribution in [1.29, 1.82) is 0 Å². The van der Waals surface area contributed by atoms with Crippen LogP contribution in [0.4, 0.5) is 10.5 Å². The van der Waals surface area contributed by atoms with Crippen molar-refractivity contribution in [3.63, 3.8) is 0 Å². The molecule has 0 bridgehead atoms. The van der Waals surface area contributed by atoms with Crippen molar-refractivity contribution in [2.24, 2.45) is 0 Å². The topological polar surface area (TPSA) is 75.7 Å². The smallest absolute Gasteiger partial charge is 0.326 e. The average Bonchev–Trinajstić information content (AvgIpc) is 2.97. The zero-order valence-corrected chi connectivity index (χ0v) is 14.7. The van der Waals surface area contributed by atoms with Crippen LogP contribution in [-0.2, 0) is 14.3 Å². The SMILES string of the molecule is CC[C@H](C)c1ccccc1NC(=O)COC(=O)CN1CCSC1=O. The van der Waals surface area contributed by atoms with Gasteiger partial charge in [-0.25, -0.2) is 0 Å². The van der Waals surface area contributed by atoms with Crippen molar-refractivity contribution < 1.29 is 19.1 Å². The maximum atomic E-state index is 12.0. The number of hydrogen-bond acceptors (Lipinski definition) is 5. The molecule has 1 N–H and O–H groups in total. The Morgan fingerprint density at radius 1 is 1.38 bits per heavy atom. The fourth-order valence-electron chi connectivity index (χ4n) is 2.36. The van der Waals surface area contributed by atoms with Gasteiger partial charge in [-0.3, -0.25) is 14.4 Å². The van der Waals surface area contributed by atoms with Crippen LogP contribution in [-0.4, -0.2) is 47.5 Å². The second-order valence-electron chi connectivity index (χ2n) is 5.64. The third-order valence-corrected chi connectivity index (χ3v) is 4.80. The summed E-state index contributed by atoms with van der Waals surface area (Å²) in [5, 5.41) is 2.66. The van der Waals surface area contributed by atoms with Crippen LogP contribution in [0.2, 0.25) is 0 Å². The Morgan fingerprint density at radius 3 is 2.79 bits per heavy atom. The summed E-state index contributed by atoms with van der Waals surface area (Å²) in [6.07, 6.45) is 0.962. The Hall–Kier alpha value is -2.02. The molecule has 6 nitrogen and oxygen atoms in total. The maximum Gasteiger partial charge on any atom is 0.326 e. The molecule has 130 valence electrons. The van der Waals surface area contributed by atoms with Gasteiger partial charge in [0.05, 0.1) is 0 Å². The van der Waals surface area contributed by atoms with Gasteiger partial charge in [-0.15, -0.1) is 0 Å². The summed E-state index contributed by atoms with van der Waals surface area (Å²) in [6.45, 7) is 4.25. The van der Waals surface area contributed by atoms with E-state index in [1.807, 2.05) is 24.3 Å². The summed E-state index contributed by atoms with van der Waals surface area (Å²) in [7, 11) is 0. The van der Waals surface area contributed by atoms with Crippen LogP contribution < -0.4 is 5.32 Å². The van der Waals surface area contributed by atoms with Gasteiger partial charge >= 0.3 is 5.97 Å². The first-order valence-electron chi connectivity index (χ1n) is 7.97. The Labute approximate surface area is 145 Å². The number of anilines is 1. The minimum absolute atomic E-state index is 0.109. The molecule has 1 aliphatic heterocycles. The van der Waals surface area contributed by atoms with Gasteiger partial charge in [0.15, 0.2) is 6.61 Å². The lowest BCUT2D eigenvalue weighted by atomic mass is 9.97. The van der Waals surface area contributed by atoms with Gasteiger partial charge in [0.25, 0.3) is 11.1 Å². The summed E-state index contributed by atoms with van der Waals surface area (Å²) >= 11 is 1.18. The van der Waals surface area contributed by atoms with Gasteiger partial charge in [0.1, 0.15) is 6.54 Å². The van der Waals surface area contributed by atoms with E-state index in [9.17, 15) is 14.4 Å². The molecule has 24 heavy (non-hydrogen) atoms.